The lowest BCUT2D eigenvalue weighted by molar-refractivity contribution is -0.134. The number of amides is 1. The summed E-state index contributed by atoms with van der Waals surface area (Å²) in [4.78, 5) is 14.3. The SMILES string of the molecule is CCC(C)[C@@H](N)C(=O)N1CCC(c2ccc(Cl)cc2)CC1. The van der Waals surface area contributed by atoms with Crippen LogP contribution in [0.15, 0.2) is 24.3 Å². The van der Waals surface area contributed by atoms with Crippen molar-refractivity contribution in [2.45, 2.75) is 45.1 Å². The third-order valence-electron chi connectivity index (χ3n) is 4.69. The molecular weight excluding hydrogens is 284 g/mol. The highest BCUT2D eigenvalue weighted by atomic mass is 35.5. The number of nitrogens with zero attached hydrogens (tertiary/aromatic N) is 1. The molecule has 2 N–H and O–H groups in total. The van der Waals surface area contributed by atoms with E-state index in [1.54, 1.807) is 0 Å². The number of carbonyl (C=O) groups is 1. The predicted octanol–water partition coefficient (Wildman–Crippen LogP) is 3.42. The third kappa shape index (κ3) is 3.98. The average Bonchev–Trinajstić information content (AvgIpc) is 2.53. The molecule has 1 heterocycles. The smallest absolute Gasteiger partial charge is 0.239 e. The van der Waals surface area contributed by atoms with Gasteiger partial charge in [-0.15, -0.1) is 0 Å². The van der Waals surface area contributed by atoms with Gasteiger partial charge in [0.05, 0.1) is 6.04 Å². The van der Waals surface area contributed by atoms with Crippen molar-refractivity contribution in [1.29, 1.82) is 0 Å². The van der Waals surface area contributed by atoms with Gasteiger partial charge in [-0.1, -0.05) is 44.0 Å². The highest BCUT2D eigenvalue weighted by Gasteiger charge is 2.28. The highest BCUT2D eigenvalue weighted by Crippen LogP contribution is 2.29. The number of hydrogen-bond donors (Lipinski definition) is 1. The van der Waals surface area contributed by atoms with E-state index in [0.29, 0.717) is 5.92 Å². The molecule has 0 aromatic heterocycles. The Balaban J connectivity index is 1.91. The van der Waals surface area contributed by atoms with Gasteiger partial charge in [0.25, 0.3) is 0 Å². The van der Waals surface area contributed by atoms with Crippen molar-refractivity contribution in [3.63, 3.8) is 0 Å². The molecule has 0 bridgehead atoms. The molecule has 4 heteroatoms. The highest BCUT2D eigenvalue weighted by molar-refractivity contribution is 6.30. The quantitative estimate of drug-likeness (QED) is 0.926. The van der Waals surface area contributed by atoms with E-state index in [9.17, 15) is 4.79 Å². The summed E-state index contributed by atoms with van der Waals surface area (Å²) in [6.07, 6.45) is 2.94. The maximum absolute atomic E-state index is 12.4. The van der Waals surface area contributed by atoms with Crippen molar-refractivity contribution in [2.75, 3.05) is 13.1 Å². The molecule has 0 saturated carbocycles. The molecular formula is C17H25ClN2O. The second-order valence-electron chi connectivity index (χ2n) is 6.06. The van der Waals surface area contributed by atoms with Gasteiger partial charge in [0.2, 0.25) is 5.91 Å². The van der Waals surface area contributed by atoms with Crippen LogP contribution in [0.5, 0.6) is 0 Å². The number of nitrogens with two attached hydrogens (primary N) is 1. The Morgan fingerprint density at radius 2 is 1.90 bits per heavy atom. The fourth-order valence-corrected chi connectivity index (χ4v) is 3.00. The first-order valence-corrected chi connectivity index (χ1v) is 8.20. The van der Waals surface area contributed by atoms with Crippen LogP contribution in [-0.4, -0.2) is 29.9 Å². The van der Waals surface area contributed by atoms with Gasteiger partial charge in [-0.3, -0.25) is 4.79 Å². The van der Waals surface area contributed by atoms with Crippen LogP contribution in [0.2, 0.25) is 5.02 Å². The molecule has 1 saturated heterocycles. The molecule has 1 aromatic carbocycles. The summed E-state index contributed by atoms with van der Waals surface area (Å²) in [6, 6.07) is 7.70. The van der Waals surface area contributed by atoms with Gasteiger partial charge in [0.15, 0.2) is 0 Å². The second kappa shape index (κ2) is 7.28. The van der Waals surface area contributed by atoms with E-state index in [1.807, 2.05) is 24.0 Å². The molecule has 0 radical (unpaired) electrons. The topological polar surface area (TPSA) is 46.3 Å². The van der Waals surface area contributed by atoms with Crippen molar-refractivity contribution in [1.82, 2.24) is 4.90 Å². The van der Waals surface area contributed by atoms with Gasteiger partial charge in [0.1, 0.15) is 0 Å². The first kappa shape index (κ1) is 16.3. The number of carbonyl (C=O) groups excluding carboxylic acids is 1. The Labute approximate surface area is 132 Å². The maximum Gasteiger partial charge on any atom is 0.239 e. The summed E-state index contributed by atoms with van der Waals surface area (Å²) in [6.45, 7) is 5.72. The summed E-state index contributed by atoms with van der Waals surface area (Å²) in [5, 5.41) is 0.769. The molecule has 1 aromatic rings. The third-order valence-corrected chi connectivity index (χ3v) is 4.94. The van der Waals surface area contributed by atoms with Crippen molar-refractivity contribution in [3.05, 3.63) is 34.9 Å². The van der Waals surface area contributed by atoms with E-state index in [2.05, 4.69) is 19.1 Å². The molecule has 1 amide bonds. The van der Waals surface area contributed by atoms with E-state index >= 15 is 0 Å². The standard InChI is InChI=1S/C17H25ClN2O/c1-3-12(2)16(19)17(21)20-10-8-14(9-11-20)13-4-6-15(18)7-5-13/h4-7,12,14,16H,3,8-11,19H2,1-2H3/t12?,16-/m1/s1. The van der Waals surface area contributed by atoms with E-state index in [4.69, 9.17) is 17.3 Å². The van der Waals surface area contributed by atoms with Crippen molar-refractivity contribution >= 4 is 17.5 Å². The number of halogens is 1. The van der Waals surface area contributed by atoms with Crippen LogP contribution in [-0.2, 0) is 4.79 Å². The molecule has 0 spiro atoms. The van der Waals surface area contributed by atoms with Crippen LogP contribution in [0, 0.1) is 5.92 Å². The average molecular weight is 309 g/mol. The maximum atomic E-state index is 12.4. The van der Waals surface area contributed by atoms with Crippen LogP contribution in [0.3, 0.4) is 0 Å². The lowest BCUT2D eigenvalue weighted by Gasteiger charge is -2.34. The summed E-state index contributed by atoms with van der Waals surface area (Å²) in [5.74, 6) is 0.872. The fraction of sp³-hybridized carbons (Fsp3) is 0.588. The Bertz CT molecular complexity index is 466. The summed E-state index contributed by atoms with van der Waals surface area (Å²) in [5.41, 5.74) is 7.38. The van der Waals surface area contributed by atoms with Crippen molar-refractivity contribution in [2.24, 2.45) is 11.7 Å². The van der Waals surface area contributed by atoms with Crippen LogP contribution in [0.4, 0.5) is 0 Å². The zero-order valence-corrected chi connectivity index (χ0v) is 13.6. The summed E-state index contributed by atoms with van der Waals surface area (Å²) < 4.78 is 0. The summed E-state index contributed by atoms with van der Waals surface area (Å²) >= 11 is 5.93. The largest absolute Gasteiger partial charge is 0.341 e. The van der Waals surface area contributed by atoms with Gasteiger partial charge in [-0.25, -0.2) is 0 Å². The molecule has 1 unspecified atom stereocenters. The molecule has 116 valence electrons. The van der Waals surface area contributed by atoms with Gasteiger partial charge >= 0.3 is 0 Å². The molecule has 2 atom stereocenters. The predicted molar refractivity (Wildman–Crippen MR) is 87.4 cm³/mol. The van der Waals surface area contributed by atoms with Gasteiger partial charge in [-0.2, -0.15) is 0 Å². The normalized spacial score (nSPS) is 19.3. The first-order chi connectivity index (χ1) is 10.0. The number of piperidine rings is 1. The van der Waals surface area contributed by atoms with Gasteiger partial charge in [-0.05, 0) is 42.4 Å². The Morgan fingerprint density at radius 3 is 2.43 bits per heavy atom. The minimum atomic E-state index is -0.359. The van der Waals surface area contributed by atoms with Gasteiger partial charge in [0, 0.05) is 18.1 Å². The van der Waals surface area contributed by atoms with Crippen molar-refractivity contribution < 1.29 is 4.79 Å². The lowest BCUT2D eigenvalue weighted by atomic mass is 9.89. The number of rotatable bonds is 4. The van der Waals surface area contributed by atoms with Crippen molar-refractivity contribution in [3.8, 4) is 0 Å². The minimum absolute atomic E-state index is 0.110. The number of hydrogen-bond acceptors (Lipinski definition) is 2. The fourth-order valence-electron chi connectivity index (χ4n) is 2.88. The van der Waals surface area contributed by atoms with Crippen LogP contribution in [0.1, 0.15) is 44.6 Å². The summed E-state index contributed by atoms with van der Waals surface area (Å²) in [7, 11) is 0. The molecule has 21 heavy (non-hydrogen) atoms. The van der Waals surface area contributed by atoms with Crippen LogP contribution < -0.4 is 5.73 Å². The lowest BCUT2D eigenvalue weighted by Crippen LogP contribution is -2.49. The molecule has 3 nitrogen and oxygen atoms in total. The zero-order valence-electron chi connectivity index (χ0n) is 12.9. The Kier molecular flexibility index (Phi) is 5.65. The first-order valence-electron chi connectivity index (χ1n) is 7.82. The number of likely N-dealkylation sites (tertiary alicyclic amines) is 1. The Hall–Kier alpha value is -1.06. The second-order valence-corrected chi connectivity index (χ2v) is 6.50. The molecule has 1 aliphatic rings. The Morgan fingerprint density at radius 1 is 1.33 bits per heavy atom. The van der Waals surface area contributed by atoms with E-state index in [-0.39, 0.29) is 17.9 Å². The van der Waals surface area contributed by atoms with E-state index in [1.165, 1.54) is 5.56 Å². The van der Waals surface area contributed by atoms with E-state index < -0.39 is 0 Å². The molecule has 0 aliphatic carbocycles. The molecule has 1 fully saturated rings. The van der Waals surface area contributed by atoms with Crippen LogP contribution in [0.25, 0.3) is 0 Å². The van der Waals surface area contributed by atoms with Crippen LogP contribution >= 0.6 is 11.6 Å². The molecule has 1 aliphatic heterocycles. The number of benzene rings is 1. The van der Waals surface area contributed by atoms with E-state index in [0.717, 1.165) is 37.4 Å². The van der Waals surface area contributed by atoms with Gasteiger partial charge < -0.3 is 10.6 Å². The monoisotopic (exact) mass is 308 g/mol. The zero-order chi connectivity index (χ0) is 15.4. The minimum Gasteiger partial charge on any atom is -0.341 e. The molecule has 2 rings (SSSR count).